The molecule has 0 aliphatic carbocycles. The first kappa shape index (κ1) is 10.7. The van der Waals surface area contributed by atoms with E-state index in [2.05, 4.69) is 41.9 Å². The predicted octanol–water partition coefficient (Wildman–Crippen LogP) is 4.38. The number of hydrogen-bond donors (Lipinski definition) is 1. The van der Waals surface area contributed by atoms with Gasteiger partial charge in [-0.3, -0.25) is 0 Å². The first-order valence-electron chi connectivity index (χ1n) is 4.71. The highest BCUT2D eigenvalue weighted by atomic mass is 79.9. The van der Waals surface area contributed by atoms with Crippen LogP contribution in [-0.4, -0.2) is 0 Å². The normalized spacial score (nSPS) is 10.6. The van der Waals surface area contributed by atoms with Gasteiger partial charge in [0.2, 0.25) is 0 Å². The van der Waals surface area contributed by atoms with Crippen LogP contribution in [0, 0.1) is 13.8 Å². The lowest BCUT2D eigenvalue weighted by Crippen LogP contribution is -1.90. The van der Waals surface area contributed by atoms with Crippen LogP contribution < -0.4 is 5.73 Å². The average molecular weight is 282 g/mol. The second kappa shape index (κ2) is 3.99. The standard InChI is InChI=1S/C12H12BrNS/c1-7-6-11(15-12(7)13)9-4-3-5-10(14)8(9)2/h3-6H,14H2,1-2H3. The van der Waals surface area contributed by atoms with Crippen LogP contribution in [0.3, 0.4) is 0 Å². The monoisotopic (exact) mass is 281 g/mol. The number of rotatable bonds is 1. The fourth-order valence-electron chi connectivity index (χ4n) is 1.51. The second-order valence-electron chi connectivity index (χ2n) is 3.59. The van der Waals surface area contributed by atoms with Gasteiger partial charge >= 0.3 is 0 Å². The zero-order valence-electron chi connectivity index (χ0n) is 8.67. The lowest BCUT2D eigenvalue weighted by Gasteiger charge is -2.05. The molecule has 0 saturated carbocycles. The molecule has 0 aliphatic heterocycles. The van der Waals surface area contributed by atoms with Crippen molar-refractivity contribution in [1.29, 1.82) is 0 Å². The Morgan fingerprint density at radius 2 is 2.00 bits per heavy atom. The number of nitrogens with two attached hydrogens (primary N) is 1. The minimum atomic E-state index is 0.856. The minimum absolute atomic E-state index is 0.856. The van der Waals surface area contributed by atoms with Crippen molar-refractivity contribution >= 4 is 33.0 Å². The molecule has 0 bridgehead atoms. The number of benzene rings is 1. The van der Waals surface area contributed by atoms with E-state index in [9.17, 15) is 0 Å². The van der Waals surface area contributed by atoms with Crippen molar-refractivity contribution in [3.63, 3.8) is 0 Å². The van der Waals surface area contributed by atoms with Gasteiger partial charge in [-0.05, 0) is 58.6 Å². The Balaban J connectivity index is 2.59. The van der Waals surface area contributed by atoms with Crippen molar-refractivity contribution in [3.8, 4) is 10.4 Å². The van der Waals surface area contributed by atoms with Gasteiger partial charge in [0.1, 0.15) is 0 Å². The van der Waals surface area contributed by atoms with E-state index in [0.717, 1.165) is 11.3 Å². The Hall–Kier alpha value is -0.800. The molecule has 78 valence electrons. The minimum Gasteiger partial charge on any atom is -0.398 e. The van der Waals surface area contributed by atoms with E-state index in [0.29, 0.717) is 0 Å². The number of aryl methyl sites for hydroxylation is 1. The topological polar surface area (TPSA) is 26.0 Å². The molecule has 2 rings (SSSR count). The van der Waals surface area contributed by atoms with Gasteiger partial charge in [-0.2, -0.15) is 0 Å². The number of anilines is 1. The molecule has 1 aromatic heterocycles. The van der Waals surface area contributed by atoms with Crippen LogP contribution in [0.25, 0.3) is 10.4 Å². The molecular formula is C12H12BrNS. The summed E-state index contributed by atoms with van der Waals surface area (Å²) in [5.74, 6) is 0. The van der Waals surface area contributed by atoms with Crippen LogP contribution in [0.1, 0.15) is 11.1 Å². The Labute approximate surface area is 102 Å². The zero-order valence-corrected chi connectivity index (χ0v) is 11.1. The third-order valence-corrected chi connectivity index (χ3v) is 4.67. The van der Waals surface area contributed by atoms with E-state index in [1.807, 2.05) is 12.1 Å². The SMILES string of the molecule is Cc1cc(-c2cccc(N)c2C)sc1Br. The summed E-state index contributed by atoms with van der Waals surface area (Å²) in [4.78, 5) is 1.27. The van der Waals surface area contributed by atoms with Crippen molar-refractivity contribution in [2.45, 2.75) is 13.8 Å². The molecule has 1 nitrogen and oxygen atoms in total. The molecule has 2 aromatic rings. The van der Waals surface area contributed by atoms with E-state index in [4.69, 9.17) is 5.73 Å². The van der Waals surface area contributed by atoms with Crippen molar-refractivity contribution in [2.75, 3.05) is 5.73 Å². The summed E-state index contributed by atoms with van der Waals surface area (Å²) in [6.07, 6.45) is 0. The maximum Gasteiger partial charge on any atom is 0.0734 e. The van der Waals surface area contributed by atoms with Crippen molar-refractivity contribution in [1.82, 2.24) is 0 Å². The zero-order chi connectivity index (χ0) is 11.0. The van der Waals surface area contributed by atoms with Gasteiger partial charge in [-0.1, -0.05) is 12.1 Å². The summed E-state index contributed by atoms with van der Waals surface area (Å²) in [6, 6.07) is 8.24. The first-order chi connectivity index (χ1) is 7.09. The smallest absolute Gasteiger partial charge is 0.0734 e. The summed E-state index contributed by atoms with van der Waals surface area (Å²) < 4.78 is 1.19. The highest BCUT2D eigenvalue weighted by molar-refractivity contribution is 9.11. The molecule has 0 atom stereocenters. The summed E-state index contributed by atoms with van der Waals surface area (Å²) >= 11 is 5.30. The largest absolute Gasteiger partial charge is 0.398 e. The number of hydrogen-bond acceptors (Lipinski definition) is 2. The van der Waals surface area contributed by atoms with Gasteiger partial charge in [0, 0.05) is 10.6 Å². The van der Waals surface area contributed by atoms with Crippen LogP contribution in [-0.2, 0) is 0 Å². The Kier molecular flexibility index (Phi) is 2.85. The number of thiophene rings is 1. The summed E-state index contributed by atoms with van der Waals surface area (Å²) in [6.45, 7) is 4.17. The lowest BCUT2D eigenvalue weighted by molar-refractivity contribution is 1.47. The van der Waals surface area contributed by atoms with Gasteiger partial charge in [-0.25, -0.2) is 0 Å². The molecule has 1 aromatic carbocycles. The first-order valence-corrected chi connectivity index (χ1v) is 6.32. The Morgan fingerprint density at radius 1 is 1.27 bits per heavy atom. The van der Waals surface area contributed by atoms with Gasteiger partial charge in [0.05, 0.1) is 3.79 Å². The van der Waals surface area contributed by atoms with Gasteiger partial charge < -0.3 is 5.73 Å². The third-order valence-electron chi connectivity index (χ3n) is 2.50. The molecule has 0 unspecified atom stereocenters. The molecule has 1 heterocycles. The highest BCUT2D eigenvalue weighted by Crippen LogP contribution is 2.37. The summed E-state index contributed by atoms with van der Waals surface area (Å²) in [7, 11) is 0. The highest BCUT2D eigenvalue weighted by Gasteiger charge is 2.08. The van der Waals surface area contributed by atoms with Crippen LogP contribution >= 0.6 is 27.3 Å². The van der Waals surface area contributed by atoms with Crippen LogP contribution in [0.4, 0.5) is 5.69 Å². The van der Waals surface area contributed by atoms with E-state index in [1.54, 1.807) is 11.3 Å². The molecular weight excluding hydrogens is 270 g/mol. The van der Waals surface area contributed by atoms with Crippen molar-refractivity contribution < 1.29 is 0 Å². The second-order valence-corrected chi connectivity index (χ2v) is 5.96. The molecule has 2 N–H and O–H groups in total. The maximum atomic E-state index is 5.90. The molecule has 15 heavy (non-hydrogen) atoms. The number of nitrogen functional groups attached to an aromatic ring is 1. The molecule has 0 spiro atoms. The predicted molar refractivity (Wildman–Crippen MR) is 71.3 cm³/mol. The van der Waals surface area contributed by atoms with Gasteiger partial charge in [-0.15, -0.1) is 11.3 Å². The van der Waals surface area contributed by atoms with Crippen LogP contribution in [0.5, 0.6) is 0 Å². The van der Waals surface area contributed by atoms with E-state index in [1.165, 1.54) is 19.8 Å². The molecule has 3 heteroatoms. The lowest BCUT2D eigenvalue weighted by atomic mass is 10.1. The molecule has 0 radical (unpaired) electrons. The number of halogens is 1. The molecule has 0 aliphatic rings. The van der Waals surface area contributed by atoms with E-state index >= 15 is 0 Å². The van der Waals surface area contributed by atoms with E-state index < -0.39 is 0 Å². The molecule has 0 saturated heterocycles. The maximum absolute atomic E-state index is 5.90. The third kappa shape index (κ3) is 1.94. The average Bonchev–Trinajstić information content (AvgIpc) is 2.51. The fraction of sp³-hybridized carbons (Fsp3) is 0.167. The summed E-state index contributed by atoms with van der Waals surface area (Å²) in [5.41, 5.74) is 10.4. The quantitative estimate of drug-likeness (QED) is 0.772. The van der Waals surface area contributed by atoms with Crippen LogP contribution in [0.2, 0.25) is 0 Å². The van der Waals surface area contributed by atoms with Gasteiger partial charge in [0.15, 0.2) is 0 Å². The van der Waals surface area contributed by atoms with E-state index in [-0.39, 0.29) is 0 Å². The molecule has 0 fully saturated rings. The Bertz CT molecular complexity index is 483. The van der Waals surface area contributed by atoms with Crippen molar-refractivity contribution in [3.05, 3.63) is 39.2 Å². The Morgan fingerprint density at radius 3 is 2.60 bits per heavy atom. The van der Waals surface area contributed by atoms with Crippen LogP contribution in [0.15, 0.2) is 28.1 Å². The summed E-state index contributed by atoms with van der Waals surface area (Å²) in [5, 5.41) is 0. The molecule has 0 amide bonds. The fourth-order valence-corrected chi connectivity index (χ4v) is 3.13. The van der Waals surface area contributed by atoms with Crippen molar-refractivity contribution in [2.24, 2.45) is 0 Å². The van der Waals surface area contributed by atoms with Gasteiger partial charge in [0.25, 0.3) is 0 Å².